The molecule has 0 radical (unpaired) electrons. The first kappa shape index (κ1) is 27.8. The number of anilines is 1. The molecule has 2 fully saturated rings. The van der Waals surface area contributed by atoms with Crippen molar-refractivity contribution in [1.82, 2.24) is 24.0 Å². The predicted octanol–water partition coefficient (Wildman–Crippen LogP) is 3.77. The number of amides is 1. The van der Waals surface area contributed by atoms with Crippen LogP contribution in [-0.4, -0.2) is 59.2 Å². The largest absolute Gasteiger partial charge is 0.389 e. The number of imidazole rings is 1. The van der Waals surface area contributed by atoms with Crippen LogP contribution < -0.4 is 11.0 Å². The predicted molar refractivity (Wildman–Crippen MR) is 145 cm³/mol. The summed E-state index contributed by atoms with van der Waals surface area (Å²) in [6, 6.07) is 7.93. The van der Waals surface area contributed by atoms with Crippen molar-refractivity contribution in [3.8, 4) is 17.1 Å². The third kappa shape index (κ3) is 6.07. The van der Waals surface area contributed by atoms with Gasteiger partial charge in [-0.1, -0.05) is 0 Å². The molecular weight excluding hydrogens is 511 g/mol. The van der Waals surface area contributed by atoms with E-state index in [4.69, 9.17) is 4.98 Å². The van der Waals surface area contributed by atoms with Crippen LogP contribution in [0.5, 0.6) is 0 Å². The third-order valence-electron chi connectivity index (χ3n) is 7.10. The van der Waals surface area contributed by atoms with E-state index in [-0.39, 0.29) is 36.6 Å². The van der Waals surface area contributed by atoms with Crippen LogP contribution in [0.15, 0.2) is 47.5 Å². The van der Waals surface area contributed by atoms with Gasteiger partial charge in [-0.2, -0.15) is 0 Å². The normalized spacial score (nSPS) is 19.9. The molecule has 1 aliphatic carbocycles. The molecule has 3 heterocycles. The standard InChI is InChI=1S/C27H33FN6O3.ClH/c1-27(2,37)17-32-16-23(34(26(32)36)21-9-5-18(28)6-10-21)22-13-14-29-25(31-22)30-19-7-11-20(12-8-19)33-15-3-4-24(33)35;/h5-6,9-10,13-14,16,19-20,37H,3-4,7-8,11-12,15,17H2,1-2H3,(H,29,30,31);1H. The van der Waals surface area contributed by atoms with E-state index in [1.807, 2.05) is 4.90 Å². The maximum absolute atomic E-state index is 13.6. The van der Waals surface area contributed by atoms with Crippen molar-refractivity contribution in [2.75, 3.05) is 11.9 Å². The van der Waals surface area contributed by atoms with Gasteiger partial charge >= 0.3 is 5.69 Å². The van der Waals surface area contributed by atoms with Crippen molar-refractivity contribution in [3.05, 3.63) is 59.0 Å². The molecule has 0 atom stereocenters. The first-order valence-electron chi connectivity index (χ1n) is 12.9. The lowest BCUT2D eigenvalue weighted by molar-refractivity contribution is -0.130. The van der Waals surface area contributed by atoms with Crippen molar-refractivity contribution in [1.29, 1.82) is 0 Å². The summed E-state index contributed by atoms with van der Waals surface area (Å²) in [5.41, 5.74) is 0.0882. The average molecular weight is 545 g/mol. The van der Waals surface area contributed by atoms with Gasteiger partial charge in [-0.05, 0) is 76.3 Å². The highest BCUT2D eigenvalue weighted by atomic mass is 35.5. The molecule has 2 N–H and O–H groups in total. The van der Waals surface area contributed by atoms with Crippen LogP contribution in [0, 0.1) is 5.82 Å². The Morgan fingerprint density at radius 2 is 1.82 bits per heavy atom. The second-order valence-electron chi connectivity index (χ2n) is 10.7. The minimum Gasteiger partial charge on any atom is -0.389 e. The van der Waals surface area contributed by atoms with Gasteiger partial charge in [0.15, 0.2) is 0 Å². The summed E-state index contributed by atoms with van der Waals surface area (Å²) in [6.07, 6.45) is 8.67. The van der Waals surface area contributed by atoms with E-state index in [1.54, 1.807) is 44.4 Å². The summed E-state index contributed by atoms with van der Waals surface area (Å²) in [4.78, 5) is 36.6. The number of hydrogen-bond acceptors (Lipinski definition) is 6. The quantitative estimate of drug-likeness (QED) is 0.469. The first-order chi connectivity index (χ1) is 17.7. The molecule has 1 saturated carbocycles. The molecular formula is C27H34ClFN6O3. The molecule has 1 aliphatic heterocycles. The third-order valence-corrected chi connectivity index (χ3v) is 7.10. The number of halogens is 2. The Labute approximate surface area is 227 Å². The lowest BCUT2D eigenvalue weighted by Crippen LogP contribution is -2.41. The van der Waals surface area contributed by atoms with E-state index >= 15 is 0 Å². The van der Waals surface area contributed by atoms with Crippen LogP contribution in [-0.2, 0) is 11.3 Å². The van der Waals surface area contributed by atoms with Crippen molar-refractivity contribution >= 4 is 24.3 Å². The number of benzene rings is 1. The fraction of sp³-hybridized carbons (Fsp3) is 0.481. The van der Waals surface area contributed by atoms with Crippen molar-refractivity contribution < 1.29 is 14.3 Å². The summed E-state index contributed by atoms with van der Waals surface area (Å²) < 4.78 is 16.5. The van der Waals surface area contributed by atoms with E-state index in [0.717, 1.165) is 38.6 Å². The molecule has 0 spiro atoms. The van der Waals surface area contributed by atoms with Gasteiger partial charge in [0, 0.05) is 37.4 Å². The SMILES string of the molecule is CC(C)(O)Cn1cc(-c2ccnc(NC3CCC(N4CCCC4=O)CC3)n2)n(-c2ccc(F)cc2)c1=O.Cl. The van der Waals surface area contributed by atoms with Gasteiger partial charge in [0.1, 0.15) is 5.82 Å². The number of carbonyl (C=O) groups is 1. The number of aromatic nitrogens is 4. The number of nitrogens with one attached hydrogen (secondary N) is 1. The molecule has 11 heteroatoms. The van der Waals surface area contributed by atoms with E-state index in [9.17, 15) is 19.1 Å². The molecule has 2 aromatic heterocycles. The lowest BCUT2D eigenvalue weighted by Gasteiger charge is -2.34. The van der Waals surface area contributed by atoms with Crippen molar-refractivity contribution in [3.63, 3.8) is 0 Å². The first-order valence-corrected chi connectivity index (χ1v) is 12.9. The molecule has 0 bridgehead atoms. The van der Waals surface area contributed by atoms with Crippen LogP contribution in [0.2, 0.25) is 0 Å². The van der Waals surface area contributed by atoms with Crippen molar-refractivity contribution in [2.45, 2.75) is 76.6 Å². The lowest BCUT2D eigenvalue weighted by atomic mass is 9.90. The van der Waals surface area contributed by atoms with Crippen LogP contribution >= 0.6 is 12.4 Å². The van der Waals surface area contributed by atoms with E-state index in [1.165, 1.54) is 21.3 Å². The Bertz CT molecular complexity index is 1330. The highest BCUT2D eigenvalue weighted by molar-refractivity contribution is 5.85. The van der Waals surface area contributed by atoms with E-state index < -0.39 is 11.4 Å². The highest BCUT2D eigenvalue weighted by Gasteiger charge is 2.31. The van der Waals surface area contributed by atoms with Gasteiger partial charge in [0.05, 0.1) is 29.2 Å². The molecule has 204 valence electrons. The zero-order chi connectivity index (χ0) is 26.2. The number of carbonyl (C=O) groups excluding carboxylic acids is 1. The van der Waals surface area contributed by atoms with E-state index in [2.05, 4.69) is 10.3 Å². The maximum atomic E-state index is 13.6. The van der Waals surface area contributed by atoms with Gasteiger partial charge in [-0.15, -0.1) is 12.4 Å². The van der Waals surface area contributed by atoms with Gasteiger partial charge in [0.2, 0.25) is 11.9 Å². The van der Waals surface area contributed by atoms with Gasteiger partial charge in [-0.25, -0.2) is 19.2 Å². The highest BCUT2D eigenvalue weighted by Crippen LogP contribution is 2.28. The summed E-state index contributed by atoms with van der Waals surface area (Å²) in [7, 11) is 0. The number of aliphatic hydroxyl groups is 1. The average Bonchev–Trinajstić information content (AvgIpc) is 3.42. The van der Waals surface area contributed by atoms with Crippen LogP contribution in [0.4, 0.5) is 10.3 Å². The Kier molecular flexibility index (Phi) is 8.22. The topological polar surface area (TPSA) is 105 Å². The van der Waals surface area contributed by atoms with Crippen LogP contribution in [0.1, 0.15) is 52.4 Å². The molecule has 5 rings (SSSR count). The van der Waals surface area contributed by atoms with E-state index in [0.29, 0.717) is 35.5 Å². The summed E-state index contributed by atoms with van der Waals surface area (Å²) in [5.74, 6) is 0.342. The van der Waals surface area contributed by atoms with Gasteiger partial charge in [-0.3, -0.25) is 13.9 Å². The second-order valence-corrected chi connectivity index (χ2v) is 10.7. The Hall–Kier alpha value is -3.24. The molecule has 3 aromatic rings. The summed E-state index contributed by atoms with van der Waals surface area (Å²) >= 11 is 0. The Morgan fingerprint density at radius 1 is 1.11 bits per heavy atom. The minimum atomic E-state index is -1.10. The summed E-state index contributed by atoms with van der Waals surface area (Å²) in [6.45, 7) is 4.23. The smallest absolute Gasteiger partial charge is 0.333 e. The van der Waals surface area contributed by atoms with Gasteiger partial charge < -0.3 is 15.3 Å². The fourth-order valence-corrected chi connectivity index (χ4v) is 5.38. The van der Waals surface area contributed by atoms with Crippen LogP contribution in [0.25, 0.3) is 17.1 Å². The van der Waals surface area contributed by atoms with Crippen LogP contribution in [0.3, 0.4) is 0 Å². The van der Waals surface area contributed by atoms with Gasteiger partial charge in [0.25, 0.3) is 0 Å². The number of rotatable bonds is 7. The number of hydrogen-bond donors (Lipinski definition) is 2. The summed E-state index contributed by atoms with van der Waals surface area (Å²) in [5, 5.41) is 13.8. The maximum Gasteiger partial charge on any atom is 0.333 e. The van der Waals surface area contributed by atoms with Crippen molar-refractivity contribution in [2.24, 2.45) is 0 Å². The Balaban J connectivity index is 0.00000336. The zero-order valence-electron chi connectivity index (χ0n) is 21.6. The molecule has 1 saturated heterocycles. The molecule has 38 heavy (non-hydrogen) atoms. The Morgan fingerprint density at radius 3 is 2.45 bits per heavy atom. The molecule has 9 nitrogen and oxygen atoms in total. The fourth-order valence-electron chi connectivity index (χ4n) is 5.38. The molecule has 1 aromatic carbocycles. The number of nitrogens with zero attached hydrogens (tertiary/aromatic N) is 5. The molecule has 0 unspecified atom stereocenters. The second kappa shape index (κ2) is 11.2. The minimum absolute atomic E-state index is 0. The molecule has 2 aliphatic rings. The monoisotopic (exact) mass is 544 g/mol. The zero-order valence-corrected chi connectivity index (χ0v) is 22.5. The number of likely N-dealkylation sites (tertiary alicyclic amines) is 1. The molecule has 1 amide bonds.